The number of fused-ring (bicyclic) bond motifs is 5. The fourth-order valence-electron chi connectivity index (χ4n) is 2.28. The summed E-state index contributed by atoms with van der Waals surface area (Å²) in [5, 5.41) is 13.3. The first-order valence-electron chi connectivity index (χ1n) is 5.49. The number of nitrogens with one attached hydrogen (secondary N) is 1. The molecular weight excluding hydrogens is 230 g/mol. The van der Waals surface area contributed by atoms with Crippen molar-refractivity contribution in [2.24, 2.45) is 0 Å². The quantitative estimate of drug-likeness (QED) is 0.376. The Balaban J connectivity index is 2.44. The molecule has 2 aromatic carbocycles. The maximum atomic E-state index is 11.7. The lowest BCUT2D eigenvalue weighted by Gasteiger charge is -2.02. The SMILES string of the molecule is O=c1oc2ccc3ccccc3c2c2n[nH]nc12. The van der Waals surface area contributed by atoms with E-state index < -0.39 is 5.63 Å². The molecule has 0 saturated carbocycles. The molecule has 0 aliphatic heterocycles. The van der Waals surface area contributed by atoms with Crippen LogP contribution < -0.4 is 5.63 Å². The van der Waals surface area contributed by atoms with Crippen molar-refractivity contribution in [3.63, 3.8) is 0 Å². The molecule has 4 aromatic rings. The van der Waals surface area contributed by atoms with E-state index in [-0.39, 0.29) is 5.52 Å². The van der Waals surface area contributed by atoms with E-state index >= 15 is 0 Å². The molecule has 0 radical (unpaired) electrons. The van der Waals surface area contributed by atoms with Gasteiger partial charge in [0.05, 0.1) is 5.39 Å². The van der Waals surface area contributed by atoms with Gasteiger partial charge in [-0.2, -0.15) is 10.3 Å². The number of aromatic amines is 1. The zero-order valence-electron chi connectivity index (χ0n) is 9.18. The molecule has 0 atom stereocenters. The van der Waals surface area contributed by atoms with E-state index in [4.69, 9.17) is 4.42 Å². The molecule has 1 N–H and O–H groups in total. The number of benzene rings is 2. The Bertz CT molecular complexity index is 953. The van der Waals surface area contributed by atoms with Gasteiger partial charge in [0.2, 0.25) is 0 Å². The van der Waals surface area contributed by atoms with Gasteiger partial charge in [0.25, 0.3) is 0 Å². The van der Waals surface area contributed by atoms with Crippen molar-refractivity contribution in [3.05, 3.63) is 46.8 Å². The molecule has 0 aliphatic carbocycles. The van der Waals surface area contributed by atoms with Gasteiger partial charge in [-0.25, -0.2) is 4.79 Å². The summed E-state index contributed by atoms with van der Waals surface area (Å²) in [5.74, 6) is 0. The van der Waals surface area contributed by atoms with Gasteiger partial charge >= 0.3 is 5.63 Å². The summed E-state index contributed by atoms with van der Waals surface area (Å²) in [7, 11) is 0. The topological polar surface area (TPSA) is 71.8 Å². The Kier molecular flexibility index (Phi) is 1.64. The first-order chi connectivity index (χ1) is 8.84. The molecule has 0 saturated heterocycles. The smallest absolute Gasteiger partial charge is 0.366 e. The standard InChI is InChI=1S/C13H7N3O2/c17-13-12-11(14-16-15-12)10-8-4-2-1-3-7(8)5-6-9(10)18-13/h1-6H,(H,14,15,16). The van der Waals surface area contributed by atoms with Gasteiger partial charge in [0.15, 0.2) is 5.52 Å². The average Bonchev–Trinajstić information content (AvgIpc) is 2.88. The van der Waals surface area contributed by atoms with Gasteiger partial charge in [0.1, 0.15) is 11.1 Å². The summed E-state index contributed by atoms with van der Waals surface area (Å²) >= 11 is 0. The molecule has 0 aliphatic rings. The van der Waals surface area contributed by atoms with Crippen molar-refractivity contribution in [2.45, 2.75) is 0 Å². The van der Waals surface area contributed by atoms with E-state index in [2.05, 4.69) is 15.4 Å². The lowest BCUT2D eigenvalue weighted by Crippen LogP contribution is -1.99. The van der Waals surface area contributed by atoms with Crippen LogP contribution in [0.5, 0.6) is 0 Å². The molecule has 86 valence electrons. The van der Waals surface area contributed by atoms with Crippen molar-refractivity contribution >= 4 is 32.8 Å². The predicted octanol–water partition coefficient (Wildman–Crippen LogP) is 2.22. The molecule has 0 spiro atoms. The van der Waals surface area contributed by atoms with E-state index in [1.165, 1.54) is 0 Å². The van der Waals surface area contributed by atoms with Gasteiger partial charge in [-0.1, -0.05) is 30.3 Å². The lowest BCUT2D eigenvalue weighted by atomic mass is 10.1. The molecule has 18 heavy (non-hydrogen) atoms. The molecular formula is C13H7N3O2. The zero-order valence-corrected chi connectivity index (χ0v) is 9.18. The van der Waals surface area contributed by atoms with E-state index in [0.717, 1.165) is 16.2 Å². The number of hydrogen-bond acceptors (Lipinski definition) is 4. The monoisotopic (exact) mass is 237 g/mol. The van der Waals surface area contributed by atoms with E-state index in [1.54, 1.807) is 6.07 Å². The highest BCUT2D eigenvalue weighted by atomic mass is 16.4. The number of rotatable bonds is 0. The van der Waals surface area contributed by atoms with Crippen LogP contribution in [0.1, 0.15) is 0 Å². The van der Waals surface area contributed by atoms with Crippen LogP contribution >= 0.6 is 0 Å². The molecule has 0 bridgehead atoms. The minimum absolute atomic E-state index is 0.235. The van der Waals surface area contributed by atoms with Crippen LogP contribution in [0.15, 0.2) is 45.6 Å². The summed E-state index contributed by atoms with van der Waals surface area (Å²) in [6, 6.07) is 11.6. The second kappa shape index (κ2) is 3.16. The summed E-state index contributed by atoms with van der Waals surface area (Å²) in [6.45, 7) is 0. The second-order valence-electron chi connectivity index (χ2n) is 4.07. The first kappa shape index (κ1) is 9.35. The molecule has 2 heterocycles. The second-order valence-corrected chi connectivity index (χ2v) is 4.07. The van der Waals surface area contributed by atoms with Gasteiger partial charge < -0.3 is 4.42 Å². The third kappa shape index (κ3) is 1.08. The number of hydrogen-bond donors (Lipinski definition) is 1. The van der Waals surface area contributed by atoms with Gasteiger partial charge in [0, 0.05) is 0 Å². The summed E-state index contributed by atoms with van der Waals surface area (Å²) in [6.07, 6.45) is 0. The minimum Gasteiger partial charge on any atom is -0.421 e. The predicted molar refractivity (Wildman–Crippen MR) is 67.4 cm³/mol. The maximum absolute atomic E-state index is 11.7. The number of H-pyrrole nitrogens is 1. The third-order valence-corrected chi connectivity index (χ3v) is 3.07. The molecule has 0 unspecified atom stereocenters. The Morgan fingerprint density at radius 3 is 2.78 bits per heavy atom. The van der Waals surface area contributed by atoms with E-state index in [0.29, 0.717) is 11.1 Å². The van der Waals surface area contributed by atoms with E-state index in [1.807, 2.05) is 30.3 Å². The molecule has 4 rings (SSSR count). The highest BCUT2D eigenvalue weighted by molar-refractivity contribution is 6.15. The highest BCUT2D eigenvalue weighted by Gasteiger charge is 2.13. The minimum atomic E-state index is -0.471. The summed E-state index contributed by atoms with van der Waals surface area (Å²) in [4.78, 5) is 11.7. The Hall–Kier alpha value is -2.69. The van der Waals surface area contributed by atoms with Crippen molar-refractivity contribution in [1.29, 1.82) is 0 Å². The fourth-order valence-corrected chi connectivity index (χ4v) is 2.28. The summed E-state index contributed by atoms with van der Waals surface area (Å²) in [5.41, 5.74) is 0.846. The van der Waals surface area contributed by atoms with Crippen LogP contribution in [-0.4, -0.2) is 15.4 Å². The number of aromatic nitrogens is 3. The van der Waals surface area contributed by atoms with Crippen molar-refractivity contribution in [3.8, 4) is 0 Å². The molecule has 0 fully saturated rings. The van der Waals surface area contributed by atoms with Crippen LogP contribution in [-0.2, 0) is 0 Å². The first-order valence-corrected chi connectivity index (χ1v) is 5.49. The third-order valence-electron chi connectivity index (χ3n) is 3.07. The highest BCUT2D eigenvalue weighted by Crippen LogP contribution is 2.28. The Labute approximate surface area is 100 Å². The normalized spacial score (nSPS) is 11.6. The molecule has 5 heteroatoms. The molecule has 2 aromatic heterocycles. The van der Waals surface area contributed by atoms with Gasteiger partial charge in [-0.15, -0.1) is 5.10 Å². The fraction of sp³-hybridized carbons (Fsp3) is 0. The average molecular weight is 237 g/mol. The van der Waals surface area contributed by atoms with Crippen molar-refractivity contribution in [1.82, 2.24) is 15.4 Å². The van der Waals surface area contributed by atoms with Crippen molar-refractivity contribution < 1.29 is 4.42 Å². The summed E-state index contributed by atoms with van der Waals surface area (Å²) < 4.78 is 5.26. The Morgan fingerprint density at radius 2 is 1.83 bits per heavy atom. The van der Waals surface area contributed by atoms with Crippen LogP contribution in [0.25, 0.3) is 32.8 Å². The maximum Gasteiger partial charge on any atom is 0.366 e. The van der Waals surface area contributed by atoms with Gasteiger partial charge in [-0.05, 0) is 16.8 Å². The Morgan fingerprint density at radius 1 is 1.00 bits per heavy atom. The largest absolute Gasteiger partial charge is 0.421 e. The van der Waals surface area contributed by atoms with Crippen LogP contribution in [0.2, 0.25) is 0 Å². The van der Waals surface area contributed by atoms with Crippen molar-refractivity contribution in [2.75, 3.05) is 0 Å². The number of nitrogens with zero attached hydrogens (tertiary/aromatic N) is 2. The lowest BCUT2D eigenvalue weighted by molar-refractivity contribution is 0.568. The molecule has 0 amide bonds. The van der Waals surface area contributed by atoms with Crippen LogP contribution in [0.4, 0.5) is 0 Å². The zero-order chi connectivity index (χ0) is 12.1. The van der Waals surface area contributed by atoms with Crippen LogP contribution in [0, 0.1) is 0 Å². The van der Waals surface area contributed by atoms with Crippen LogP contribution in [0.3, 0.4) is 0 Å². The molecule has 5 nitrogen and oxygen atoms in total. The van der Waals surface area contributed by atoms with Gasteiger partial charge in [-0.3, -0.25) is 0 Å². The van der Waals surface area contributed by atoms with E-state index in [9.17, 15) is 4.79 Å².